The minimum atomic E-state index is -0.454. The van der Waals surface area contributed by atoms with Crippen molar-refractivity contribution in [3.8, 4) is 5.69 Å². The molecule has 0 fully saturated rings. The molecule has 0 radical (unpaired) electrons. The molecule has 0 aliphatic carbocycles. The van der Waals surface area contributed by atoms with E-state index in [1.807, 2.05) is 0 Å². The van der Waals surface area contributed by atoms with Crippen LogP contribution in [0.5, 0.6) is 0 Å². The maximum absolute atomic E-state index is 12.0. The second kappa shape index (κ2) is 5.97. The first kappa shape index (κ1) is 14.9. The average molecular weight is 314 g/mol. The Labute approximate surface area is 131 Å². The molecule has 0 atom stereocenters. The summed E-state index contributed by atoms with van der Waals surface area (Å²) >= 11 is 0. The van der Waals surface area contributed by atoms with Gasteiger partial charge in [-0.1, -0.05) is 0 Å². The van der Waals surface area contributed by atoms with Crippen LogP contribution in [0.1, 0.15) is 5.82 Å². The highest BCUT2D eigenvalue weighted by molar-refractivity contribution is 6.17. The summed E-state index contributed by atoms with van der Waals surface area (Å²) in [5, 5.41) is 23.0. The number of aliphatic hydroxyl groups excluding tert-OH is 1. The number of benzene rings is 1. The van der Waals surface area contributed by atoms with E-state index in [9.17, 15) is 9.59 Å². The molecule has 0 bridgehead atoms. The molecule has 2 amide bonds. The average Bonchev–Trinajstić information content (AvgIpc) is 3.07. The highest BCUT2D eigenvalue weighted by Crippen LogP contribution is 2.18. The predicted molar refractivity (Wildman–Crippen MR) is 79.4 cm³/mol. The smallest absolute Gasteiger partial charge is 0.277 e. The number of nitrogens with one attached hydrogen (secondary N) is 1. The van der Waals surface area contributed by atoms with Gasteiger partial charge < -0.3 is 10.4 Å². The van der Waals surface area contributed by atoms with Crippen molar-refractivity contribution in [2.24, 2.45) is 0 Å². The maximum atomic E-state index is 12.0. The Balaban J connectivity index is 1.75. The number of aliphatic hydroxyl groups is 1. The van der Waals surface area contributed by atoms with E-state index in [4.69, 9.17) is 5.11 Å². The van der Waals surface area contributed by atoms with Gasteiger partial charge in [0.2, 0.25) is 0 Å². The lowest BCUT2D eigenvalue weighted by Gasteiger charge is -2.13. The number of rotatable bonds is 5. The molecule has 3 rings (SSSR count). The Hall–Kier alpha value is -3.07. The van der Waals surface area contributed by atoms with E-state index in [1.165, 1.54) is 6.08 Å². The van der Waals surface area contributed by atoms with E-state index < -0.39 is 11.8 Å². The molecule has 1 aliphatic heterocycles. The third-order valence-corrected chi connectivity index (χ3v) is 3.35. The normalized spacial score (nSPS) is 14.3. The SMILES string of the molecule is Cc1nnnn1-c1ccc(NC2=CC(=O)N(CCO)C2=O)cc1. The van der Waals surface area contributed by atoms with Crippen LogP contribution >= 0.6 is 0 Å². The Bertz CT molecular complexity index is 780. The van der Waals surface area contributed by atoms with Crippen LogP contribution in [0.3, 0.4) is 0 Å². The van der Waals surface area contributed by atoms with E-state index in [-0.39, 0.29) is 18.8 Å². The lowest BCUT2D eigenvalue weighted by molar-refractivity contribution is -0.137. The van der Waals surface area contributed by atoms with Gasteiger partial charge in [0.1, 0.15) is 5.70 Å². The molecule has 2 aromatic rings. The Morgan fingerprint density at radius 1 is 1.22 bits per heavy atom. The Kier molecular flexibility index (Phi) is 3.85. The van der Waals surface area contributed by atoms with Crippen molar-refractivity contribution in [2.45, 2.75) is 6.92 Å². The third kappa shape index (κ3) is 2.81. The summed E-state index contributed by atoms with van der Waals surface area (Å²) in [6.07, 6.45) is 1.22. The van der Waals surface area contributed by atoms with Crippen molar-refractivity contribution in [1.29, 1.82) is 0 Å². The number of anilines is 1. The fraction of sp³-hybridized carbons (Fsp3) is 0.214. The first-order valence-electron chi connectivity index (χ1n) is 6.91. The lowest BCUT2D eigenvalue weighted by Crippen LogP contribution is -2.34. The Morgan fingerprint density at radius 2 is 1.96 bits per heavy atom. The van der Waals surface area contributed by atoms with Gasteiger partial charge in [0.05, 0.1) is 18.8 Å². The summed E-state index contributed by atoms with van der Waals surface area (Å²) in [6, 6.07) is 7.09. The van der Waals surface area contributed by atoms with Gasteiger partial charge in [0.25, 0.3) is 11.8 Å². The predicted octanol–water partition coefficient (Wildman–Crippen LogP) is -0.372. The van der Waals surface area contributed by atoms with E-state index >= 15 is 0 Å². The fourth-order valence-electron chi connectivity index (χ4n) is 2.22. The van der Waals surface area contributed by atoms with E-state index in [1.54, 1.807) is 35.9 Å². The molecule has 9 nitrogen and oxygen atoms in total. The minimum Gasteiger partial charge on any atom is -0.395 e. The van der Waals surface area contributed by atoms with Crippen LogP contribution in [0.4, 0.5) is 5.69 Å². The summed E-state index contributed by atoms with van der Waals surface area (Å²) in [5.74, 6) is -0.235. The molecule has 1 aromatic heterocycles. The monoisotopic (exact) mass is 314 g/mol. The maximum Gasteiger partial charge on any atom is 0.277 e. The van der Waals surface area contributed by atoms with E-state index in [0.29, 0.717) is 11.5 Å². The zero-order valence-electron chi connectivity index (χ0n) is 12.3. The van der Waals surface area contributed by atoms with Crippen LogP contribution in [-0.2, 0) is 9.59 Å². The summed E-state index contributed by atoms with van der Waals surface area (Å²) in [5.41, 5.74) is 1.61. The van der Waals surface area contributed by atoms with Crippen molar-refractivity contribution >= 4 is 17.5 Å². The van der Waals surface area contributed by atoms with Crippen LogP contribution in [-0.4, -0.2) is 55.2 Å². The molecule has 23 heavy (non-hydrogen) atoms. The number of hydrogen-bond acceptors (Lipinski definition) is 7. The number of carbonyl (C=O) groups excluding carboxylic acids is 2. The number of hydrogen-bond donors (Lipinski definition) is 2. The van der Waals surface area contributed by atoms with Crippen molar-refractivity contribution in [3.63, 3.8) is 0 Å². The Morgan fingerprint density at radius 3 is 2.57 bits per heavy atom. The van der Waals surface area contributed by atoms with Crippen LogP contribution in [0.25, 0.3) is 5.69 Å². The van der Waals surface area contributed by atoms with E-state index in [0.717, 1.165) is 10.6 Å². The second-order valence-corrected chi connectivity index (χ2v) is 4.89. The topological polar surface area (TPSA) is 113 Å². The van der Waals surface area contributed by atoms with Crippen LogP contribution < -0.4 is 5.32 Å². The first-order valence-corrected chi connectivity index (χ1v) is 6.91. The van der Waals surface area contributed by atoms with Crippen molar-refractivity contribution in [3.05, 3.63) is 41.9 Å². The quantitative estimate of drug-likeness (QED) is 0.724. The van der Waals surface area contributed by atoms with Crippen LogP contribution in [0, 0.1) is 6.92 Å². The van der Waals surface area contributed by atoms with Crippen molar-refractivity contribution in [2.75, 3.05) is 18.5 Å². The molecular weight excluding hydrogens is 300 g/mol. The van der Waals surface area contributed by atoms with Gasteiger partial charge in [-0.3, -0.25) is 14.5 Å². The van der Waals surface area contributed by atoms with Gasteiger partial charge in [-0.15, -0.1) is 5.10 Å². The molecule has 0 spiro atoms. The van der Waals surface area contributed by atoms with Gasteiger partial charge in [0, 0.05) is 11.8 Å². The molecule has 2 N–H and O–H groups in total. The standard InChI is InChI=1S/C14H14N6O3/c1-9-16-17-18-20(9)11-4-2-10(3-5-11)15-12-8-13(22)19(6-7-21)14(12)23/h2-5,8,15,21H,6-7H2,1H3. The van der Waals surface area contributed by atoms with Crippen molar-refractivity contribution in [1.82, 2.24) is 25.1 Å². The van der Waals surface area contributed by atoms with E-state index in [2.05, 4.69) is 20.8 Å². The number of carbonyl (C=O) groups is 2. The summed E-state index contributed by atoms with van der Waals surface area (Å²) in [7, 11) is 0. The highest BCUT2D eigenvalue weighted by atomic mass is 16.3. The molecule has 118 valence electrons. The number of aryl methyl sites for hydroxylation is 1. The van der Waals surface area contributed by atoms with Gasteiger partial charge >= 0.3 is 0 Å². The number of tetrazole rings is 1. The first-order chi connectivity index (χ1) is 11.1. The number of amides is 2. The minimum absolute atomic E-state index is 0.0170. The summed E-state index contributed by atoms with van der Waals surface area (Å²) in [6.45, 7) is 1.50. The number of imide groups is 1. The van der Waals surface area contributed by atoms with Gasteiger partial charge in [0.15, 0.2) is 5.82 Å². The fourth-order valence-corrected chi connectivity index (χ4v) is 2.22. The number of β-amino-alcohol motifs (C(OH)–C–C–N with tert-alkyl or cyclic N) is 1. The lowest BCUT2D eigenvalue weighted by atomic mass is 10.2. The molecule has 0 saturated heterocycles. The molecule has 2 heterocycles. The molecule has 0 unspecified atom stereocenters. The summed E-state index contributed by atoms with van der Waals surface area (Å²) in [4.78, 5) is 24.7. The second-order valence-electron chi connectivity index (χ2n) is 4.89. The molecule has 1 aromatic carbocycles. The molecule has 9 heteroatoms. The highest BCUT2D eigenvalue weighted by Gasteiger charge is 2.30. The van der Waals surface area contributed by atoms with Gasteiger partial charge in [-0.05, 0) is 41.6 Å². The van der Waals surface area contributed by atoms with Crippen LogP contribution in [0.15, 0.2) is 36.0 Å². The van der Waals surface area contributed by atoms with Gasteiger partial charge in [-0.25, -0.2) is 0 Å². The number of nitrogens with zero attached hydrogens (tertiary/aromatic N) is 5. The zero-order chi connectivity index (χ0) is 16.4. The van der Waals surface area contributed by atoms with Crippen LogP contribution in [0.2, 0.25) is 0 Å². The molecular formula is C14H14N6O3. The van der Waals surface area contributed by atoms with Gasteiger partial charge in [-0.2, -0.15) is 4.68 Å². The molecule has 0 saturated carbocycles. The summed E-state index contributed by atoms with van der Waals surface area (Å²) < 4.78 is 1.58. The van der Waals surface area contributed by atoms with Crippen molar-refractivity contribution < 1.29 is 14.7 Å². The zero-order valence-corrected chi connectivity index (χ0v) is 12.3. The third-order valence-electron chi connectivity index (χ3n) is 3.35. The molecule has 1 aliphatic rings. The largest absolute Gasteiger partial charge is 0.395 e. The number of aromatic nitrogens is 4.